The number of hydrogen-bond acceptors (Lipinski definition) is 6. The van der Waals surface area contributed by atoms with E-state index >= 15 is 0 Å². The summed E-state index contributed by atoms with van der Waals surface area (Å²) in [5.41, 5.74) is 1.90. The number of aromatic nitrogens is 4. The Hall–Kier alpha value is -3.42. The molecule has 2 N–H and O–H groups in total. The van der Waals surface area contributed by atoms with Crippen LogP contribution in [0.5, 0.6) is 5.75 Å². The summed E-state index contributed by atoms with van der Waals surface area (Å²) in [5, 5.41) is 9.77. The maximum Gasteiger partial charge on any atom is 0.274 e. The summed E-state index contributed by atoms with van der Waals surface area (Å²) in [5.74, 6) is 1.11. The minimum absolute atomic E-state index is 0.190. The van der Waals surface area contributed by atoms with Crippen molar-refractivity contribution < 1.29 is 9.53 Å². The lowest BCUT2D eigenvalue weighted by Crippen LogP contribution is -2.26. The maximum atomic E-state index is 12.5. The topological polar surface area (TPSA) is 96.0 Å². The highest BCUT2D eigenvalue weighted by Gasteiger charge is 2.16. The Labute approximate surface area is 151 Å². The van der Waals surface area contributed by atoms with E-state index in [1.54, 1.807) is 37.5 Å². The second kappa shape index (κ2) is 8.11. The zero-order valence-corrected chi connectivity index (χ0v) is 14.6. The molecule has 0 bridgehead atoms. The van der Waals surface area contributed by atoms with E-state index in [1.807, 2.05) is 30.3 Å². The van der Waals surface area contributed by atoms with Crippen molar-refractivity contribution >= 4 is 11.9 Å². The Bertz CT molecular complexity index is 848. The summed E-state index contributed by atoms with van der Waals surface area (Å²) < 4.78 is 5.64. The van der Waals surface area contributed by atoms with E-state index in [2.05, 4.69) is 25.5 Å². The van der Waals surface area contributed by atoms with Crippen LogP contribution in [0.25, 0.3) is 0 Å². The standard InChI is InChI=1S/C18H20N6O2/c1-19-18-20-9-13(10-21-18)11-24(2)17(25)16-8-14(22-23-16)12-26-15-6-4-3-5-7-15/h3-10H,11-12H2,1-2H3,(H,22,23)(H,19,20,21). The average molecular weight is 352 g/mol. The monoisotopic (exact) mass is 352 g/mol. The van der Waals surface area contributed by atoms with Crippen LogP contribution in [0.15, 0.2) is 48.8 Å². The number of ether oxygens (including phenoxy) is 1. The first-order valence-electron chi connectivity index (χ1n) is 8.12. The number of rotatable bonds is 7. The lowest BCUT2D eigenvalue weighted by atomic mass is 10.3. The quantitative estimate of drug-likeness (QED) is 0.676. The van der Waals surface area contributed by atoms with Crippen LogP contribution in [0.1, 0.15) is 21.7 Å². The first kappa shape index (κ1) is 17.4. The van der Waals surface area contributed by atoms with Gasteiger partial charge in [0.2, 0.25) is 5.95 Å². The largest absolute Gasteiger partial charge is 0.487 e. The van der Waals surface area contributed by atoms with Gasteiger partial charge in [-0.15, -0.1) is 0 Å². The molecule has 8 nitrogen and oxygen atoms in total. The Balaban J connectivity index is 1.57. The molecule has 134 valence electrons. The fraction of sp³-hybridized carbons (Fsp3) is 0.222. The molecule has 2 aromatic heterocycles. The van der Waals surface area contributed by atoms with Gasteiger partial charge in [0.1, 0.15) is 12.4 Å². The summed E-state index contributed by atoms with van der Waals surface area (Å²) in [4.78, 5) is 22.4. The van der Waals surface area contributed by atoms with Crippen molar-refractivity contribution in [2.24, 2.45) is 0 Å². The van der Waals surface area contributed by atoms with E-state index in [9.17, 15) is 4.79 Å². The van der Waals surface area contributed by atoms with Crippen LogP contribution < -0.4 is 10.1 Å². The number of carbonyl (C=O) groups is 1. The molecule has 3 rings (SSSR count). The molecule has 1 amide bonds. The Morgan fingerprint density at radius 3 is 2.65 bits per heavy atom. The molecule has 2 heterocycles. The minimum atomic E-state index is -0.190. The third-order valence-corrected chi connectivity index (χ3v) is 3.68. The van der Waals surface area contributed by atoms with Crippen molar-refractivity contribution in [2.45, 2.75) is 13.2 Å². The van der Waals surface area contributed by atoms with Crippen molar-refractivity contribution in [2.75, 3.05) is 19.4 Å². The normalized spacial score (nSPS) is 10.4. The molecular weight excluding hydrogens is 332 g/mol. The number of hydrogen-bond donors (Lipinski definition) is 2. The SMILES string of the molecule is CNc1ncc(CN(C)C(=O)c2cc(COc3ccccc3)[nH]n2)cn1. The molecular formula is C18H20N6O2. The van der Waals surface area contributed by atoms with E-state index in [4.69, 9.17) is 4.74 Å². The van der Waals surface area contributed by atoms with E-state index in [1.165, 1.54) is 0 Å². The number of nitrogens with one attached hydrogen (secondary N) is 2. The number of nitrogens with zero attached hydrogens (tertiary/aromatic N) is 4. The minimum Gasteiger partial charge on any atom is -0.487 e. The molecule has 0 aliphatic rings. The zero-order chi connectivity index (χ0) is 18.4. The van der Waals surface area contributed by atoms with Crippen LogP contribution in [0, 0.1) is 0 Å². The highest BCUT2D eigenvalue weighted by atomic mass is 16.5. The van der Waals surface area contributed by atoms with Gasteiger partial charge in [-0.1, -0.05) is 18.2 Å². The Morgan fingerprint density at radius 1 is 1.23 bits per heavy atom. The number of benzene rings is 1. The number of carbonyl (C=O) groups excluding carboxylic acids is 1. The second-order valence-corrected chi connectivity index (χ2v) is 5.71. The van der Waals surface area contributed by atoms with E-state index in [0.29, 0.717) is 24.8 Å². The molecule has 0 aliphatic carbocycles. The molecule has 3 aromatic rings. The molecule has 0 atom stereocenters. The molecule has 0 fully saturated rings. The van der Waals surface area contributed by atoms with Gasteiger partial charge in [-0.05, 0) is 18.2 Å². The third-order valence-electron chi connectivity index (χ3n) is 3.68. The number of amides is 1. The van der Waals surface area contributed by atoms with Gasteiger partial charge < -0.3 is 15.0 Å². The van der Waals surface area contributed by atoms with E-state index < -0.39 is 0 Å². The summed E-state index contributed by atoms with van der Waals surface area (Å²) in [6, 6.07) is 11.2. The third kappa shape index (κ3) is 4.35. The fourth-order valence-corrected chi connectivity index (χ4v) is 2.33. The van der Waals surface area contributed by atoms with E-state index in [0.717, 1.165) is 17.0 Å². The highest BCUT2D eigenvalue weighted by molar-refractivity contribution is 5.92. The van der Waals surface area contributed by atoms with Gasteiger partial charge >= 0.3 is 0 Å². The average Bonchev–Trinajstić information content (AvgIpc) is 3.16. The summed E-state index contributed by atoms with van der Waals surface area (Å²) in [6.07, 6.45) is 3.37. The van der Waals surface area contributed by atoms with Gasteiger partial charge in [0.25, 0.3) is 5.91 Å². The van der Waals surface area contributed by atoms with Crippen LogP contribution in [0.4, 0.5) is 5.95 Å². The molecule has 0 radical (unpaired) electrons. The molecule has 26 heavy (non-hydrogen) atoms. The van der Waals surface area contributed by atoms with Crippen molar-refractivity contribution in [3.63, 3.8) is 0 Å². The lowest BCUT2D eigenvalue weighted by Gasteiger charge is -2.15. The summed E-state index contributed by atoms with van der Waals surface area (Å²) in [6.45, 7) is 0.707. The van der Waals surface area contributed by atoms with Gasteiger partial charge in [0.15, 0.2) is 5.69 Å². The predicted octanol–water partition coefficient (Wildman–Crippen LogP) is 2.09. The lowest BCUT2D eigenvalue weighted by molar-refractivity contribution is 0.0779. The van der Waals surface area contributed by atoms with Gasteiger partial charge in [-0.3, -0.25) is 9.89 Å². The first-order chi connectivity index (χ1) is 12.7. The number of H-pyrrole nitrogens is 1. The second-order valence-electron chi connectivity index (χ2n) is 5.71. The Kier molecular flexibility index (Phi) is 5.43. The zero-order valence-electron chi connectivity index (χ0n) is 14.6. The molecule has 0 saturated carbocycles. The molecule has 0 unspecified atom stereocenters. The van der Waals surface area contributed by atoms with Crippen LogP contribution in [-0.4, -0.2) is 45.1 Å². The van der Waals surface area contributed by atoms with Crippen molar-refractivity contribution in [3.8, 4) is 5.75 Å². The summed E-state index contributed by atoms with van der Waals surface area (Å²) >= 11 is 0. The van der Waals surface area contributed by atoms with Crippen LogP contribution in [0.3, 0.4) is 0 Å². The van der Waals surface area contributed by atoms with Crippen LogP contribution in [-0.2, 0) is 13.2 Å². The first-order valence-corrected chi connectivity index (χ1v) is 8.12. The van der Waals surface area contributed by atoms with Crippen molar-refractivity contribution in [3.05, 3.63) is 65.7 Å². The maximum absolute atomic E-state index is 12.5. The number of aromatic amines is 1. The molecule has 0 aliphatic heterocycles. The Morgan fingerprint density at radius 2 is 1.96 bits per heavy atom. The van der Waals surface area contributed by atoms with Crippen molar-refractivity contribution in [1.82, 2.24) is 25.1 Å². The van der Waals surface area contributed by atoms with Crippen LogP contribution >= 0.6 is 0 Å². The van der Waals surface area contributed by atoms with Gasteiger partial charge in [0, 0.05) is 38.6 Å². The van der Waals surface area contributed by atoms with Crippen LogP contribution in [0.2, 0.25) is 0 Å². The number of anilines is 1. The fourth-order valence-electron chi connectivity index (χ4n) is 2.33. The number of para-hydroxylation sites is 1. The van der Waals surface area contributed by atoms with E-state index in [-0.39, 0.29) is 5.91 Å². The molecule has 8 heteroatoms. The van der Waals surface area contributed by atoms with Gasteiger partial charge in [-0.25, -0.2) is 9.97 Å². The molecule has 1 aromatic carbocycles. The smallest absolute Gasteiger partial charge is 0.274 e. The predicted molar refractivity (Wildman–Crippen MR) is 96.7 cm³/mol. The summed E-state index contributed by atoms with van der Waals surface area (Å²) in [7, 11) is 3.46. The van der Waals surface area contributed by atoms with Gasteiger partial charge in [0.05, 0.1) is 5.69 Å². The van der Waals surface area contributed by atoms with Crippen molar-refractivity contribution in [1.29, 1.82) is 0 Å². The van der Waals surface area contributed by atoms with Gasteiger partial charge in [-0.2, -0.15) is 5.10 Å². The molecule has 0 saturated heterocycles. The molecule has 0 spiro atoms. The highest BCUT2D eigenvalue weighted by Crippen LogP contribution is 2.12.